The van der Waals surface area contributed by atoms with Crippen molar-refractivity contribution >= 4 is 28.9 Å². The molecule has 0 unspecified atom stereocenters. The lowest BCUT2D eigenvalue weighted by atomic mass is 9.82. The molecule has 0 aliphatic heterocycles. The third kappa shape index (κ3) is 5.82. The van der Waals surface area contributed by atoms with Crippen molar-refractivity contribution in [3.05, 3.63) is 15.8 Å². The van der Waals surface area contributed by atoms with Gasteiger partial charge in [0.15, 0.2) is 0 Å². The molecule has 27 heavy (non-hydrogen) atoms. The summed E-state index contributed by atoms with van der Waals surface area (Å²) in [4.78, 5) is 27.0. The fourth-order valence-corrected chi connectivity index (χ4v) is 4.08. The summed E-state index contributed by atoms with van der Waals surface area (Å²) >= 11 is 1.08. The van der Waals surface area contributed by atoms with Gasteiger partial charge in [0, 0.05) is 17.9 Å². The van der Waals surface area contributed by atoms with E-state index in [9.17, 15) is 19.8 Å². The molecular formula is C21H29NO4S. The van der Waals surface area contributed by atoms with E-state index in [-0.39, 0.29) is 35.3 Å². The largest absolute Gasteiger partial charge is 0.477 e. The van der Waals surface area contributed by atoms with Crippen LogP contribution in [0.25, 0.3) is 0 Å². The van der Waals surface area contributed by atoms with Crippen LogP contribution >= 0.6 is 11.3 Å². The quantitative estimate of drug-likeness (QED) is 0.744. The van der Waals surface area contributed by atoms with Crippen LogP contribution in [0, 0.1) is 29.1 Å². The van der Waals surface area contributed by atoms with Crippen LogP contribution in [0.4, 0.5) is 5.69 Å². The van der Waals surface area contributed by atoms with Gasteiger partial charge < -0.3 is 15.1 Å². The molecule has 0 bridgehead atoms. The fraction of sp³-hybridized carbons (Fsp3) is 0.619. The standard InChI is InChI=1S/C21H29NO4S/c1-14-5-7-15(8-6-14)19(24)22(11-12-23)17-13-16(9-10-21(2,3)4)27-18(17)20(25)26/h13-15,23H,5-8,11-12H2,1-4H3,(H,25,26). The van der Waals surface area contributed by atoms with E-state index in [1.165, 1.54) is 4.90 Å². The van der Waals surface area contributed by atoms with Gasteiger partial charge in [-0.05, 0) is 58.4 Å². The molecule has 2 rings (SSSR count). The summed E-state index contributed by atoms with van der Waals surface area (Å²) in [5, 5.41) is 19.1. The van der Waals surface area contributed by atoms with E-state index in [1.54, 1.807) is 6.07 Å². The number of thiophene rings is 1. The lowest BCUT2D eigenvalue weighted by Gasteiger charge is -2.30. The molecule has 1 aromatic heterocycles. The Morgan fingerprint density at radius 2 is 1.89 bits per heavy atom. The molecule has 5 nitrogen and oxygen atoms in total. The minimum absolute atomic E-state index is 0.0911. The summed E-state index contributed by atoms with van der Waals surface area (Å²) in [5.41, 5.74) is 0.149. The maximum Gasteiger partial charge on any atom is 0.348 e. The van der Waals surface area contributed by atoms with E-state index in [4.69, 9.17) is 0 Å². The molecule has 1 aromatic rings. The predicted molar refractivity (Wildman–Crippen MR) is 108 cm³/mol. The number of nitrogens with zero attached hydrogens (tertiary/aromatic N) is 1. The van der Waals surface area contributed by atoms with Crippen LogP contribution in [0.1, 0.15) is 67.9 Å². The first-order chi connectivity index (χ1) is 12.6. The van der Waals surface area contributed by atoms with E-state index < -0.39 is 5.97 Å². The van der Waals surface area contributed by atoms with E-state index in [1.807, 2.05) is 20.8 Å². The predicted octanol–water partition coefficient (Wildman–Crippen LogP) is 4.00. The minimum Gasteiger partial charge on any atom is -0.477 e. The van der Waals surface area contributed by atoms with Gasteiger partial charge >= 0.3 is 5.97 Å². The Labute approximate surface area is 165 Å². The number of rotatable bonds is 5. The smallest absolute Gasteiger partial charge is 0.348 e. The van der Waals surface area contributed by atoms with Gasteiger partial charge in [0.2, 0.25) is 5.91 Å². The number of hydrogen-bond acceptors (Lipinski definition) is 4. The molecule has 0 spiro atoms. The van der Waals surface area contributed by atoms with Crippen molar-refractivity contribution < 1.29 is 19.8 Å². The lowest BCUT2D eigenvalue weighted by molar-refractivity contribution is -0.123. The fourth-order valence-electron chi connectivity index (χ4n) is 3.22. The molecule has 1 aliphatic rings. The monoisotopic (exact) mass is 391 g/mol. The average Bonchev–Trinajstić information content (AvgIpc) is 3.02. The topological polar surface area (TPSA) is 77.8 Å². The van der Waals surface area contributed by atoms with Crippen molar-refractivity contribution in [3.8, 4) is 11.8 Å². The van der Waals surface area contributed by atoms with E-state index in [0.717, 1.165) is 37.0 Å². The summed E-state index contributed by atoms with van der Waals surface area (Å²) < 4.78 is 0. The zero-order chi connectivity index (χ0) is 20.2. The van der Waals surface area contributed by atoms with Crippen molar-refractivity contribution in [2.75, 3.05) is 18.1 Å². The van der Waals surface area contributed by atoms with Gasteiger partial charge in [0.25, 0.3) is 0 Å². The Morgan fingerprint density at radius 1 is 1.26 bits per heavy atom. The number of carboxylic acids is 1. The van der Waals surface area contributed by atoms with Crippen LogP contribution in [0.5, 0.6) is 0 Å². The van der Waals surface area contributed by atoms with Gasteiger partial charge in [-0.2, -0.15) is 0 Å². The average molecular weight is 392 g/mol. The summed E-state index contributed by atoms with van der Waals surface area (Å²) in [6.45, 7) is 8.02. The Morgan fingerprint density at radius 3 is 2.41 bits per heavy atom. The SMILES string of the molecule is CC1CCC(C(=O)N(CCO)c2cc(C#CC(C)(C)C)sc2C(=O)O)CC1. The molecular weight excluding hydrogens is 362 g/mol. The Kier molecular flexibility index (Phi) is 7.07. The molecule has 2 N–H and O–H groups in total. The maximum absolute atomic E-state index is 13.1. The minimum atomic E-state index is -1.08. The van der Waals surface area contributed by atoms with Crippen LogP contribution in [0.15, 0.2) is 6.07 Å². The molecule has 1 amide bonds. The van der Waals surface area contributed by atoms with Gasteiger partial charge in [-0.15, -0.1) is 11.3 Å². The summed E-state index contributed by atoms with van der Waals surface area (Å²) in [6, 6.07) is 1.67. The van der Waals surface area contributed by atoms with Crippen molar-refractivity contribution in [2.45, 2.75) is 53.4 Å². The van der Waals surface area contributed by atoms with E-state index in [0.29, 0.717) is 16.5 Å². The molecule has 1 saturated carbocycles. The third-order valence-electron chi connectivity index (χ3n) is 4.71. The van der Waals surface area contributed by atoms with Gasteiger partial charge in [-0.3, -0.25) is 4.79 Å². The van der Waals surface area contributed by atoms with Crippen molar-refractivity contribution in [1.29, 1.82) is 0 Å². The van der Waals surface area contributed by atoms with E-state index >= 15 is 0 Å². The number of hydrogen-bond donors (Lipinski definition) is 2. The zero-order valence-corrected chi connectivity index (χ0v) is 17.4. The number of aliphatic hydroxyl groups is 1. The first-order valence-electron chi connectivity index (χ1n) is 9.45. The molecule has 0 saturated heterocycles. The van der Waals surface area contributed by atoms with Crippen LogP contribution < -0.4 is 4.90 Å². The second kappa shape index (κ2) is 8.90. The number of anilines is 1. The Balaban J connectivity index is 2.37. The first-order valence-corrected chi connectivity index (χ1v) is 10.3. The van der Waals surface area contributed by atoms with E-state index in [2.05, 4.69) is 18.8 Å². The normalized spacial score (nSPS) is 19.9. The summed E-state index contributed by atoms with van der Waals surface area (Å²) in [6.07, 6.45) is 3.62. The molecule has 1 fully saturated rings. The molecule has 1 aliphatic carbocycles. The molecule has 0 atom stereocenters. The van der Waals surface area contributed by atoms with Crippen LogP contribution in [0.3, 0.4) is 0 Å². The lowest BCUT2D eigenvalue weighted by Crippen LogP contribution is -2.40. The molecule has 6 heteroatoms. The highest BCUT2D eigenvalue weighted by atomic mass is 32.1. The maximum atomic E-state index is 13.1. The number of aliphatic hydroxyl groups excluding tert-OH is 1. The Bertz CT molecular complexity index is 742. The third-order valence-corrected chi connectivity index (χ3v) is 5.74. The number of carbonyl (C=O) groups excluding carboxylic acids is 1. The van der Waals surface area contributed by atoms with Gasteiger partial charge in [-0.1, -0.05) is 18.8 Å². The Hall–Kier alpha value is -1.84. The molecule has 0 radical (unpaired) electrons. The highest BCUT2D eigenvalue weighted by Crippen LogP contribution is 2.35. The zero-order valence-electron chi connectivity index (χ0n) is 16.5. The number of carboxylic acid groups (broad SMARTS) is 1. The van der Waals surface area contributed by atoms with Crippen LogP contribution in [-0.2, 0) is 4.79 Å². The number of amides is 1. The van der Waals surface area contributed by atoms with Crippen molar-refractivity contribution in [1.82, 2.24) is 0 Å². The van der Waals surface area contributed by atoms with Crippen molar-refractivity contribution in [2.24, 2.45) is 17.3 Å². The molecule has 0 aromatic carbocycles. The highest BCUT2D eigenvalue weighted by molar-refractivity contribution is 7.15. The van der Waals surface area contributed by atoms with Gasteiger partial charge in [0.1, 0.15) is 4.88 Å². The van der Waals surface area contributed by atoms with Crippen molar-refractivity contribution in [3.63, 3.8) is 0 Å². The number of carbonyl (C=O) groups is 2. The first kappa shape index (κ1) is 21.5. The number of aromatic carboxylic acids is 1. The molecule has 1 heterocycles. The highest BCUT2D eigenvalue weighted by Gasteiger charge is 2.31. The van der Waals surface area contributed by atoms with Crippen LogP contribution in [0.2, 0.25) is 0 Å². The van der Waals surface area contributed by atoms with Gasteiger partial charge in [-0.25, -0.2) is 4.79 Å². The second-order valence-corrected chi connectivity index (χ2v) is 9.35. The van der Waals surface area contributed by atoms with Crippen LogP contribution in [-0.4, -0.2) is 35.2 Å². The van der Waals surface area contributed by atoms with Gasteiger partial charge in [0.05, 0.1) is 17.2 Å². The summed E-state index contributed by atoms with van der Waals surface area (Å²) in [5.74, 6) is 5.47. The second-order valence-electron chi connectivity index (χ2n) is 8.30. The molecule has 148 valence electrons. The summed E-state index contributed by atoms with van der Waals surface area (Å²) in [7, 11) is 0.